The molecule has 2 heterocycles. The maximum atomic E-state index is 12.7. The van der Waals surface area contributed by atoms with Crippen LogP contribution >= 0.6 is 0 Å². The van der Waals surface area contributed by atoms with Crippen molar-refractivity contribution in [3.8, 4) is 0 Å². The van der Waals surface area contributed by atoms with Crippen LogP contribution in [-0.2, 0) is 9.59 Å². The molecular formula is C18H29N3O3. The van der Waals surface area contributed by atoms with E-state index in [2.05, 4.69) is 19.2 Å². The summed E-state index contributed by atoms with van der Waals surface area (Å²) in [5, 5.41) is 2.90. The number of amides is 4. The Kier molecular flexibility index (Phi) is 4.83. The van der Waals surface area contributed by atoms with Crippen molar-refractivity contribution in [2.75, 3.05) is 13.1 Å². The zero-order chi connectivity index (χ0) is 17.3. The number of urea groups is 1. The van der Waals surface area contributed by atoms with Gasteiger partial charge >= 0.3 is 6.03 Å². The molecule has 1 saturated carbocycles. The predicted octanol–water partition coefficient (Wildman–Crippen LogP) is 2.28. The molecule has 0 aromatic heterocycles. The van der Waals surface area contributed by atoms with Crippen LogP contribution in [0.25, 0.3) is 0 Å². The topological polar surface area (TPSA) is 69.7 Å². The summed E-state index contributed by atoms with van der Waals surface area (Å²) >= 11 is 0. The summed E-state index contributed by atoms with van der Waals surface area (Å²) in [4.78, 5) is 40.7. The van der Waals surface area contributed by atoms with E-state index in [-0.39, 0.29) is 30.8 Å². The molecule has 1 aliphatic carbocycles. The van der Waals surface area contributed by atoms with Crippen molar-refractivity contribution in [2.45, 2.75) is 76.8 Å². The Morgan fingerprint density at radius 3 is 2.58 bits per heavy atom. The zero-order valence-corrected chi connectivity index (χ0v) is 14.8. The standard InChI is InChI=1S/C18H29N3O3/c1-13(2)14-7-6-11-20(14)15(22)8-12-21-16(23)18(19-17(21)24)9-4-3-5-10-18/h13-14H,3-12H2,1-2H3,(H,19,24). The van der Waals surface area contributed by atoms with Gasteiger partial charge in [-0.15, -0.1) is 0 Å². The van der Waals surface area contributed by atoms with E-state index in [0.717, 1.165) is 51.5 Å². The molecule has 1 spiro atoms. The van der Waals surface area contributed by atoms with Crippen molar-refractivity contribution in [3.63, 3.8) is 0 Å². The van der Waals surface area contributed by atoms with Crippen LogP contribution in [0.4, 0.5) is 4.79 Å². The molecule has 3 aliphatic rings. The van der Waals surface area contributed by atoms with E-state index in [1.165, 1.54) is 4.90 Å². The van der Waals surface area contributed by atoms with Crippen molar-refractivity contribution in [2.24, 2.45) is 5.92 Å². The van der Waals surface area contributed by atoms with E-state index in [9.17, 15) is 14.4 Å². The maximum Gasteiger partial charge on any atom is 0.325 e. The molecule has 3 rings (SSSR count). The highest BCUT2D eigenvalue weighted by Crippen LogP contribution is 2.33. The number of carbonyl (C=O) groups is 3. The van der Waals surface area contributed by atoms with Crippen LogP contribution in [0.2, 0.25) is 0 Å². The zero-order valence-electron chi connectivity index (χ0n) is 14.8. The minimum atomic E-state index is -0.688. The predicted molar refractivity (Wildman–Crippen MR) is 90.3 cm³/mol. The molecule has 134 valence electrons. The smallest absolute Gasteiger partial charge is 0.325 e. The Balaban J connectivity index is 1.59. The van der Waals surface area contributed by atoms with Crippen LogP contribution in [0.3, 0.4) is 0 Å². The van der Waals surface area contributed by atoms with E-state index < -0.39 is 5.54 Å². The van der Waals surface area contributed by atoms with Gasteiger partial charge < -0.3 is 10.2 Å². The van der Waals surface area contributed by atoms with E-state index in [4.69, 9.17) is 0 Å². The number of carbonyl (C=O) groups excluding carboxylic acids is 3. The Hall–Kier alpha value is -1.59. The van der Waals surface area contributed by atoms with Crippen LogP contribution < -0.4 is 5.32 Å². The highest BCUT2D eigenvalue weighted by molar-refractivity contribution is 6.07. The second kappa shape index (κ2) is 6.73. The normalized spacial score (nSPS) is 26.5. The van der Waals surface area contributed by atoms with Crippen LogP contribution in [0.5, 0.6) is 0 Å². The highest BCUT2D eigenvalue weighted by Gasteiger charge is 2.51. The molecule has 6 heteroatoms. The monoisotopic (exact) mass is 335 g/mol. The molecule has 1 N–H and O–H groups in total. The number of hydrogen-bond acceptors (Lipinski definition) is 3. The lowest BCUT2D eigenvalue weighted by atomic mass is 9.82. The van der Waals surface area contributed by atoms with Crippen molar-refractivity contribution >= 4 is 17.8 Å². The summed E-state index contributed by atoms with van der Waals surface area (Å²) in [6, 6.07) is -0.0261. The first kappa shape index (κ1) is 17.2. The summed E-state index contributed by atoms with van der Waals surface area (Å²) in [5.41, 5.74) is -0.688. The Morgan fingerprint density at radius 1 is 1.21 bits per heavy atom. The summed E-state index contributed by atoms with van der Waals surface area (Å²) in [7, 11) is 0. The first-order chi connectivity index (χ1) is 11.4. The lowest BCUT2D eigenvalue weighted by Gasteiger charge is -2.30. The molecule has 0 radical (unpaired) electrons. The molecule has 4 amide bonds. The Morgan fingerprint density at radius 2 is 1.92 bits per heavy atom. The molecule has 24 heavy (non-hydrogen) atoms. The fourth-order valence-corrected chi connectivity index (χ4v) is 4.52. The summed E-state index contributed by atoms with van der Waals surface area (Å²) < 4.78 is 0. The van der Waals surface area contributed by atoms with Gasteiger partial charge in [-0.3, -0.25) is 14.5 Å². The maximum absolute atomic E-state index is 12.7. The van der Waals surface area contributed by atoms with Crippen LogP contribution in [0.1, 0.15) is 65.2 Å². The largest absolute Gasteiger partial charge is 0.339 e. The van der Waals surface area contributed by atoms with E-state index in [1.807, 2.05) is 4.90 Å². The van der Waals surface area contributed by atoms with Crippen molar-refractivity contribution in [3.05, 3.63) is 0 Å². The lowest BCUT2D eigenvalue weighted by molar-refractivity contribution is -0.135. The Bertz CT molecular complexity index is 526. The molecule has 0 aromatic carbocycles. The number of imide groups is 1. The van der Waals surface area contributed by atoms with Gasteiger partial charge in [0.25, 0.3) is 5.91 Å². The van der Waals surface area contributed by atoms with Gasteiger partial charge in [0.05, 0.1) is 0 Å². The summed E-state index contributed by atoms with van der Waals surface area (Å²) in [5.74, 6) is 0.386. The van der Waals surface area contributed by atoms with Crippen molar-refractivity contribution in [1.82, 2.24) is 15.1 Å². The number of hydrogen-bond donors (Lipinski definition) is 1. The molecule has 3 fully saturated rings. The Labute approximate surface area is 143 Å². The van der Waals surface area contributed by atoms with E-state index in [1.54, 1.807) is 0 Å². The van der Waals surface area contributed by atoms with Gasteiger partial charge in [0.15, 0.2) is 0 Å². The fraction of sp³-hybridized carbons (Fsp3) is 0.833. The molecular weight excluding hydrogens is 306 g/mol. The molecule has 1 atom stereocenters. The quantitative estimate of drug-likeness (QED) is 0.801. The van der Waals surface area contributed by atoms with Gasteiger partial charge in [-0.1, -0.05) is 33.1 Å². The third-order valence-electron chi connectivity index (χ3n) is 5.89. The second-order valence-corrected chi connectivity index (χ2v) is 7.82. The fourth-order valence-electron chi connectivity index (χ4n) is 4.52. The minimum Gasteiger partial charge on any atom is -0.339 e. The van der Waals surface area contributed by atoms with E-state index in [0.29, 0.717) is 12.0 Å². The highest BCUT2D eigenvalue weighted by atomic mass is 16.2. The van der Waals surface area contributed by atoms with Gasteiger partial charge in [-0.25, -0.2) is 4.79 Å². The molecule has 0 aromatic rings. The average Bonchev–Trinajstić information content (AvgIpc) is 3.12. The molecule has 6 nitrogen and oxygen atoms in total. The van der Waals surface area contributed by atoms with Gasteiger partial charge in [-0.05, 0) is 31.6 Å². The first-order valence-electron chi connectivity index (χ1n) is 9.38. The van der Waals surface area contributed by atoms with Gasteiger partial charge in [0.1, 0.15) is 5.54 Å². The molecule has 0 bridgehead atoms. The van der Waals surface area contributed by atoms with E-state index >= 15 is 0 Å². The number of nitrogens with zero attached hydrogens (tertiary/aromatic N) is 2. The number of nitrogens with one attached hydrogen (secondary N) is 1. The van der Waals surface area contributed by atoms with Crippen LogP contribution in [-0.4, -0.2) is 52.3 Å². The third-order valence-corrected chi connectivity index (χ3v) is 5.89. The second-order valence-electron chi connectivity index (χ2n) is 7.82. The van der Waals surface area contributed by atoms with Gasteiger partial charge in [-0.2, -0.15) is 0 Å². The van der Waals surface area contributed by atoms with Gasteiger partial charge in [0, 0.05) is 25.6 Å². The molecule has 2 saturated heterocycles. The third kappa shape index (κ3) is 3.03. The average molecular weight is 335 g/mol. The summed E-state index contributed by atoms with van der Waals surface area (Å²) in [6.07, 6.45) is 6.85. The first-order valence-corrected chi connectivity index (χ1v) is 9.38. The van der Waals surface area contributed by atoms with Crippen molar-refractivity contribution in [1.29, 1.82) is 0 Å². The SMILES string of the molecule is CC(C)C1CCCN1C(=O)CCN1C(=O)NC2(CCCCC2)C1=O. The molecule has 2 aliphatic heterocycles. The van der Waals surface area contributed by atoms with Gasteiger partial charge in [0.2, 0.25) is 5.91 Å². The van der Waals surface area contributed by atoms with Crippen molar-refractivity contribution < 1.29 is 14.4 Å². The van der Waals surface area contributed by atoms with Crippen LogP contribution in [0.15, 0.2) is 0 Å². The number of rotatable bonds is 4. The van der Waals surface area contributed by atoms with Crippen LogP contribution in [0, 0.1) is 5.92 Å². The molecule has 1 unspecified atom stereocenters. The number of likely N-dealkylation sites (tertiary alicyclic amines) is 1. The minimum absolute atomic E-state index is 0.0661. The summed E-state index contributed by atoms with van der Waals surface area (Å²) in [6.45, 7) is 5.28. The lowest BCUT2D eigenvalue weighted by Crippen LogP contribution is -2.48.